The number of carbonyl (C=O) groups excluding carboxylic acids is 1. The van der Waals surface area contributed by atoms with Crippen molar-refractivity contribution in [2.45, 2.75) is 25.4 Å². The molecule has 0 bridgehead atoms. The van der Waals surface area contributed by atoms with E-state index in [0.29, 0.717) is 28.1 Å². The predicted molar refractivity (Wildman–Crippen MR) is 98.4 cm³/mol. The van der Waals surface area contributed by atoms with Gasteiger partial charge in [-0.2, -0.15) is 0 Å². The summed E-state index contributed by atoms with van der Waals surface area (Å²) in [6.07, 6.45) is 1.69. The molecule has 1 aromatic rings. The molecule has 5 nitrogen and oxygen atoms in total. The zero-order valence-electron chi connectivity index (χ0n) is 13.3. The molecule has 3 N–H and O–H groups in total. The van der Waals surface area contributed by atoms with Gasteiger partial charge in [0.25, 0.3) is 0 Å². The van der Waals surface area contributed by atoms with Crippen molar-refractivity contribution in [2.75, 3.05) is 26.2 Å². The van der Waals surface area contributed by atoms with Crippen molar-refractivity contribution in [1.29, 1.82) is 0 Å². The molecule has 1 aromatic carbocycles. The van der Waals surface area contributed by atoms with E-state index in [1.807, 2.05) is 0 Å². The minimum Gasteiger partial charge on any atom is -0.489 e. The van der Waals surface area contributed by atoms with Gasteiger partial charge in [0.1, 0.15) is 23.5 Å². The molecule has 1 amide bonds. The number of amides is 1. The van der Waals surface area contributed by atoms with Crippen molar-refractivity contribution in [3.8, 4) is 5.75 Å². The topological polar surface area (TPSA) is 70.6 Å². The van der Waals surface area contributed by atoms with Crippen LogP contribution in [0.2, 0.25) is 10.0 Å². The van der Waals surface area contributed by atoms with Gasteiger partial charge >= 0.3 is 0 Å². The fourth-order valence-corrected chi connectivity index (χ4v) is 2.80. The third kappa shape index (κ3) is 7.03. The second kappa shape index (κ2) is 11.0. The molecule has 2 rings (SSSR count). The monoisotopic (exact) mass is 396 g/mol. The summed E-state index contributed by atoms with van der Waals surface area (Å²) < 4.78 is 5.43. The van der Waals surface area contributed by atoms with Crippen molar-refractivity contribution in [3.63, 3.8) is 0 Å². The molecule has 1 saturated heterocycles. The first-order valence-electron chi connectivity index (χ1n) is 7.78. The lowest BCUT2D eigenvalue weighted by Crippen LogP contribution is -2.35. The van der Waals surface area contributed by atoms with Crippen LogP contribution in [0.1, 0.15) is 19.3 Å². The lowest BCUT2D eigenvalue weighted by molar-refractivity contribution is -0.121. The van der Waals surface area contributed by atoms with Crippen LogP contribution in [0.15, 0.2) is 18.2 Å². The van der Waals surface area contributed by atoms with Gasteiger partial charge < -0.3 is 20.5 Å². The molecule has 1 aliphatic rings. The first kappa shape index (κ1) is 21.3. The summed E-state index contributed by atoms with van der Waals surface area (Å²) in [6, 6.07) is 5.05. The van der Waals surface area contributed by atoms with Crippen LogP contribution in [0, 0.1) is 5.92 Å². The summed E-state index contributed by atoms with van der Waals surface area (Å²) in [5.74, 6) is 0.953. The number of aliphatic hydroxyl groups excluding tert-OH is 1. The molecule has 0 spiro atoms. The van der Waals surface area contributed by atoms with Crippen molar-refractivity contribution in [2.24, 2.45) is 5.92 Å². The van der Waals surface area contributed by atoms with Crippen LogP contribution in [0.3, 0.4) is 0 Å². The summed E-state index contributed by atoms with van der Waals surface area (Å²) in [4.78, 5) is 11.8. The molecule has 1 heterocycles. The predicted octanol–water partition coefficient (Wildman–Crippen LogP) is 2.66. The zero-order valence-corrected chi connectivity index (χ0v) is 15.6. The van der Waals surface area contributed by atoms with Crippen LogP contribution >= 0.6 is 35.6 Å². The number of benzene rings is 1. The Bertz CT molecular complexity index is 525. The van der Waals surface area contributed by atoms with Gasteiger partial charge in [0.2, 0.25) is 5.91 Å². The van der Waals surface area contributed by atoms with Gasteiger partial charge in [0.05, 0.1) is 5.02 Å². The molecule has 0 saturated carbocycles. The highest BCUT2D eigenvalue weighted by molar-refractivity contribution is 6.42. The highest BCUT2D eigenvalue weighted by Gasteiger charge is 2.16. The Morgan fingerprint density at radius 3 is 2.96 bits per heavy atom. The van der Waals surface area contributed by atoms with Crippen LogP contribution < -0.4 is 15.4 Å². The van der Waals surface area contributed by atoms with E-state index in [0.717, 1.165) is 25.9 Å². The van der Waals surface area contributed by atoms with E-state index in [4.69, 9.17) is 27.9 Å². The molecule has 0 aliphatic carbocycles. The molecular weight excluding hydrogens is 375 g/mol. The van der Waals surface area contributed by atoms with Gasteiger partial charge in [-0.3, -0.25) is 4.79 Å². The standard InChI is InChI=1S/C16H22Cl2N2O3.ClH/c17-13-2-1-3-14(16(13)18)23-10-12(21)9-20-15(22)5-4-11-6-7-19-8-11;/h1-3,11-12,19,21H,4-10H2,(H,20,22);1H. The fraction of sp³-hybridized carbons (Fsp3) is 0.562. The Morgan fingerprint density at radius 2 is 2.25 bits per heavy atom. The molecule has 2 atom stereocenters. The van der Waals surface area contributed by atoms with Gasteiger partial charge in [0, 0.05) is 13.0 Å². The average Bonchev–Trinajstić information content (AvgIpc) is 3.05. The van der Waals surface area contributed by atoms with Gasteiger partial charge in [0.15, 0.2) is 0 Å². The van der Waals surface area contributed by atoms with E-state index in [-0.39, 0.29) is 31.5 Å². The Labute approximate surface area is 158 Å². The number of halogens is 3. The van der Waals surface area contributed by atoms with E-state index >= 15 is 0 Å². The Hall–Kier alpha value is -0.720. The van der Waals surface area contributed by atoms with E-state index in [1.165, 1.54) is 0 Å². The molecule has 8 heteroatoms. The molecule has 0 radical (unpaired) electrons. The molecule has 24 heavy (non-hydrogen) atoms. The van der Waals surface area contributed by atoms with Crippen LogP contribution in [0.4, 0.5) is 0 Å². The molecule has 1 fully saturated rings. The first-order valence-corrected chi connectivity index (χ1v) is 8.54. The van der Waals surface area contributed by atoms with Crippen molar-refractivity contribution < 1.29 is 14.6 Å². The normalized spacial score (nSPS) is 17.9. The number of nitrogens with one attached hydrogen (secondary N) is 2. The van der Waals surface area contributed by atoms with Gasteiger partial charge in [-0.1, -0.05) is 29.3 Å². The summed E-state index contributed by atoms with van der Waals surface area (Å²) in [6.45, 7) is 2.21. The van der Waals surface area contributed by atoms with Crippen molar-refractivity contribution in [3.05, 3.63) is 28.2 Å². The van der Waals surface area contributed by atoms with Crippen molar-refractivity contribution >= 4 is 41.5 Å². The summed E-state index contributed by atoms with van der Waals surface area (Å²) in [5.41, 5.74) is 0. The van der Waals surface area contributed by atoms with Gasteiger partial charge in [-0.25, -0.2) is 0 Å². The summed E-state index contributed by atoms with van der Waals surface area (Å²) >= 11 is 11.9. The average molecular weight is 398 g/mol. The number of rotatable bonds is 8. The minimum absolute atomic E-state index is 0. The third-order valence-electron chi connectivity index (χ3n) is 3.82. The van der Waals surface area contributed by atoms with Crippen molar-refractivity contribution in [1.82, 2.24) is 10.6 Å². The third-order valence-corrected chi connectivity index (χ3v) is 4.63. The van der Waals surface area contributed by atoms with E-state index < -0.39 is 6.10 Å². The maximum Gasteiger partial charge on any atom is 0.220 e. The lowest BCUT2D eigenvalue weighted by Gasteiger charge is -2.15. The van der Waals surface area contributed by atoms with Crippen LogP contribution in [-0.4, -0.2) is 43.4 Å². The molecule has 136 valence electrons. The highest BCUT2D eigenvalue weighted by Crippen LogP contribution is 2.31. The number of ether oxygens (including phenoxy) is 1. The summed E-state index contributed by atoms with van der Waals surface area (Å²) in [7, 11) is 0. The van der Waals surface area contributed by atoms with Gasteiger partial charge in [-0.15, -0.1) is 12.4 Å². The highest BCUT2D eigenvalue weighted by atomic mass is 35.5. The quantitative estimate of drug-likeness (QED) is 0.631. The van der Waals surface area contributed by atoms with Crippen LogP contribution in [-0.2, 0) is 4.79 Å². The second-order valence-corrected chi connectivity index (χ2v) is 6.50. The zero-order chi connectivity index (χ0) is 16.7. The second-order valence-electron chi connectivity index (χ2n) is 5.72. The van der Waals surface area contributed by atoms with E-state index in [2.05, 4.69) is 10.6 Å². The fourth-order valence-electron chi connectivity index (χ4n) is 2.46. The Morgan fingerprint density at radius 1 is 1.46 bits per heavy atom. The summed E-state index contributed by atoms with van der Waals surface area (Å²) in [5, 5.41) is 16.6. The smallest absolute Gasteiger partial charge is 0.220 e. The minimum atomic E-state index is -0.804. The maximum atomic E-state index is 11.8. The first-order chi connectivity index (χ1) is 11.1. The van der Waals surface area contributed by atoms with Crippen LogP contribution in [0.25, 0.3) is 0 Å². The number of aliphatic hydroxyl groups is 1. The Kier molecular flexibility index (Phi) is 9.78. The Balaban J connectivity index is 0.00000288. The maximum absolute atomic E-state index is 11.8. The molecular formula is C16H23Cl3N2O3. The molecule has 0 aromatic heterocycles. The number of hydrogen-bond donors (Lipinski definition) is 3. The van der Waals surface area contributed by atoms with Gasteiger partial charge in [-0.05, 0) is 44.0 Å². The number of carbonyl (C=O) groups is 1. The van der Waals surface area contributed by atoms with E-state index in [9.17, 15) is 9.90 Å². The SMILES string of the molecule is Cl.O=C(CCC1CCNC1)NCC(O)COc1cccc(Cl)c1Cl. The largest absolute Gasteiger partial charge is 0.489 e. The van der Waals surface area contributed by atoms with Crippen LogP contribution in [0.5, 0.6) is 5.75 Å². The molecule has 1 aliphatic heterocycles. The lowest BCUT2D eigenvalue weighted by atomic mass is 10.0. The molecule has 2 unspecified atom stereocenters. The van der Waals surface area contributed by atoms with E-state index in [1.54, 1.807) is 18.2 Å². The number of hydrogen-bond acceptors (Lipinski definition) is 4.